The summed E-state index contributed by atoms with van der Waals surface area (Å²) in [6, 6.07) is 61.6. The lowest BCUT2D eigenvalue weighted by molar-refractivity contribution is 0.424. The first-order valence-corrected chi connectivity index (χ1v) is 20.7. The predicted octanol–water partition coefficient (Wildman–Crippen LogP) is 13.1. The molecule has 11 rings (SSSR count). The molecule has 4 unspecified atom stereocenters. The molecule has 3 heterocycles. The monoisotopic (exact) mass is 752 g/mol. The summed E-state index contributed by atoms with van der Waals surface area (Å²) in [7, 11) is 0. The zero-order chi connectivity index (χ0) is 37.9. The predicted molar refractivity (Wildman–Crippen MR) is 240 cm³/mol. The molecule has 7 aromatic carbocycles. The van der Waals surface area contributed by atoms with Crippen molar-refractivity contribution in [3.8, 4) is 22.3 Å². The van der Waals surface area contributed by atoms with Crippen molar-refractivity contribution < 1.29 is 0 Å². The second-order valence-corrected chi connectivity index (χ2v) is 16.5. The number of allylic oxidation sites excluding steroid dienone is 1. The first-order valence-electron chi connectivity index (χ1n) is 19.9. The van der Waals surface area contributed by atoms with Gasteiger partial charge in [-0.15, -0.1) is 11.3 Å². The number of aliphatic imine (C=N–C) groups is 2. The van der Waals surface area contributed by atoms with Gasteiger partial charge in [-0.05, 0) is 76.1 Å². The molecule has 8 aromatic rings. The van der Waals surface area contributed by atoms with Gasteiger partial charge in [0, 0.05) is 54.6 Å². The lowest BCUT2D eigenvalue weighted by Crippen LogP contribution is -2.37. The molecule has 2 aliphatic heterocycles. The summed E-state index contributed by atoms with van der Waals surface area (Å²) in [6.45, 7) is 2.42. The van der Waals surface area contributed by atoms with Crippen molar-refractivity contribution >= 4 is 54.6 Å². The third-order valence-corrected chi connectivity index (χ3v) is 13.2. The van der Waals surface area contributed by atoms with E-state index in [2.05, 4.69) is 187 Å². The molecular formula is C52H40N4S. The maximum Gasteiger partial charge on any atom is 0.160 e. The van der Waals surface area contributed by atoms with Gasteiger partial charge in [0.05, 0.1) is 0 Å². The van der Waals surface area contributed by atoms with Crippen molar-refractivity contribution in [3.63, 3.8) is 0 Å². The quantitative estimate of drug-likeness (QED) is 0.172. The molecule has 0 amide bonds. The highest BCUT2D eigenvalue weighted by Gasteiger charge is 2.42. The number of benzene rings is 7. The molecule has 0 fully saturated rings. The molecule has 57 heavy (non-hydrogen) atoms. The van der Waals surface area contributed by atoms with Crippen molar-refractivity contribution in [2.45, 2.75) is 31.5 Å². The van der Waals surface area contributed by atoms with Gasteiger partial charge >= 0.3 is 0 Å². The topological polar surface area (TPSA) is 40.0 Å². The minimum atomic E-state index is -0.252. The molecule has 0 spiro atoms. The SMILES string of the molecule is CC1CC=CC2c3ccc(-c4cccc5sc6c(C7=NC(c8ccccc8)NC(c8ccccc8)=N7)cccc6c45)cc3N(c3cccc(-c4ccccc4)c3)C12. The maximum atomic E-state index is 5.26. The number of hydrogen-bond donors (Lipinski definition) is 1. The zero-order valence-electron chi connectivity index (χ0n) is 31.6. The van der Waals surface area contributed by atoms with Gasteiger partial charge in [0.2, 0.25) is 0 Å². The van der Waals surface area contributed by atoms with Crippen molar-refractivity contribution in [1.82, 2.24) is 5.32 Å². The summed E-state index contributed by atoms with van der Waals surface area (Å²) >= 11 is 1.83. The van der Waals surface area contributed by atoms with E-state index in [4.69, 9.17) is 9.98 Å². The van der Waals surface area contributed by atoms with E-state index in [1.54, 1.807) is 0 Å². The standard InChI is InChI=1S/C52H40N4S/c1-33-15-11-25-42-41-30-29-38(32-45(41)56(48(33)42)39-23-12-22-37(31-39)34-16-5-2-6-17-34)40-24-14-28-46-47(40)43-26-13-27-44(49(43)57-46)52-54-50(35-18-7-3-8-19-35)53-51(55-52)36-20-9-4-10-21-36/h2-14,16-33,42,48,50H,15H2,1H3,(H,53,54,55). The maximum absolute atomic E-state index is 5.26. The second-order valence-electron chi connectivity index (χ2n) is 15.4. The van der Waals surface area contributed by atoms with E-state index < -0.39 is 0 Å². The van der Waals surface area contributed by atoms with Crippen LogP contribution in [-0.4, -0.2) is 17.7 Å². The van der Waals surface area contributed by atoms with Crippen LogP contribution in [0, 0.1) is 5.92 Å². The largest absolute Gasteiger partial charge is 0.344 e. The van der Waals surface area contributed by atoms with Crippen LogP contribution in [0.4, 0.5) is 11.4 Å². The molecule has 1 aromatic heterocycles. The Balaban J connectivity index is 1.05. The fourth-order valence-corrected chi connectivity index (χ4v) is 10.5. The first-order chi connectivity index (χ1) is 28.2. The number of nitrogens with one attached hydrogen (secondary N) is 1. The van der Waals surface area contributed by atoms with E-state index in [9.17, 15) is 0 Å². The van der Waals surface area contributed by atoms with Crippen LogP contribution < -0.4 is 10.2 Å². The Morgan fingerprint density at radius 2 is 1.37 bits per heavy atom. The highest BCUT2D eigenvalue weighted by Crippen LogP contribution is 2.53. The molecule has 0 saturated carbocycles. The fourth-order valence-electron chi connectivity index (χ4n) is 9.27. The molecule has 3 aliphatic rings. The summed E-state index contributed by atoms with van der Waals surface area (Å²) in [5.41, 5.74) is 12.1. The van der Waals surface area contributed by atoms with E-state index in [-0.39, 0.29) is 6.17 Å². The van der Waals surface area contributed by atoms with Crippen molar-refractivity contribution in [2.75, 3.05) is 4.90 Å². The van der Waals surface area contributed by atoms with E-state index in [1.165, 1.54) is 59.4 Å². The Kier molecular flexibility index (Phi) is 8.22. The molecule has 1 aliphatic carbocycles. The van der Waals surface area contributed by atoms with Crippen LogP contribution in [-0.2, 0) is 0 Å². The van der Waals surface area contributed by atoms with Gasteiger partial charge in [-0.25, -0.2) is 9.98 Å². The Bertz CT molecular complexity index is 2890. The minimum Gasteiger partial charge on any atom is -0.344 e. The van der Waals surface area contributed by atoms with Gasteiger partial charge in [0.25, 0.3) is 0 Å². The normalized spacial score (nSPS) is 19.8. The van der Waals surface area contributed by atoms with Gasteiger partial charge in [0.1, 0.15) is 12.0 Å². The summed E-state index contributed by atoms with van der Waals surface area (Å²) in [6.07, 6.45) is 5.68. The van der Waals surface area contributed by atoms with Crippen LogP contribution in [0.3, 0.4) is 0 Å². The number of hydrogen-bond acceptors (Lipinski definition) is 5. The van der Waals surface area contributed by atoms with Crippen molar-refractivity contribution in [2.24, 2.45) is 15.9 Å². The highest BCUT2D eigenvalue weighted by atomic mass is 32.1. The Morgan fingerprint density at radius 3 is 2.19 bits per heavy atom. The van der Waals surface area contributed by atoms with Crippen LogP contribution in [0.1, 0.15) is 47.7 Å². The summed E-state index contributed by atoms with van der Waals surface area (Å²) in [4.78, 5) is 13.1. The van der Waals surface area contributed by atoms with Crippen LogP contribution in [0.5, 0.6) is 0 Å². The summed E-state index contributed by atoms with van der Waals surface area (Å²) in [5, 5.41) is 6.13. The molecule has 1 N–H and O–H groups in total. The molecular weight excluding hydrogens is 713 g/mol. The van der Waals surface area contributed by atoms with Gasteiger partial charge in [0.15, 0.2) is 5.84 Å². The molecule has 0 radical (unpaired) electrons. The number of fused-ring (bicyclic) bond motifs is 6. The van der Waals surface area contributed by atoms with Gasteiger partial charge in [-0.3, -0.25) is 0 Å². The van der Waals surface area contributed by atoms with E-state index in [1.807, 2.05) is 23.5 Å². The fraction of sp³-hybridized carbons (Fsp3) is 0.115. The molecule has 4 atom stereocenters. The third-order valence-electron chi connectivity index (χ3n) is 12.0. The van der Waals surface area contributed by atoms with Gasteiger partial charge in [-0.2, -0.15) is 0 Å². The van der Waals surface area contributed by atoms with Crippen LogP contribution >= 0.6 is 11.3 Å². The number of rotatable bonds is 6. The molecule has 274 valence electrons. The molecule has 4 nitrogen and oxygen atoms in total. The lowest BCUT2D eigenvalue weighted by Gasteiger charge is -2.36. The second kappa shape index (κ2) is 13.9. The number of anilines is 2. The molecule has 0 saturated heterocycles. The van der Waals surface area contributed by atoms with Crippen LogP contribution in [0.15, 0.2) is 192 Å². The number of nitrogens with zero attached hydrogens (tertiary/aromatic N) is 3. The van der Waals surface area contributed by atoms with Gasteiger partial charge < -0.3 is 10.2 Å². The van der Waals surface area contributed by atoms with E-state index >= 15 is 0 Å². The molecule has 0 bridgehead atoms. The summed E-state index contributed by atoms with van der Waals surface area (Å²) in [5.74, 6) is 2.44. The van der Waals surface area contributed by atoms with Crippen LogP contribution in [0.2, 0.25) is 0 Å². The highest BCUT2D eigenvalue weighted by molar-refractivity contribution is 7.26. The smallest absolute Gasteiger partial charge is 0.160 e. The Hall–Kier alpha value is -6.56. The van der Waals surface area contributed by atoms with E-state index in [0.29, 0.717) is 17.9 Å². The third kappa shape index (κ3) is 5.81. The summed E-state index contributed by atoms with van der Waals surface area (Å²) < 4.78 is 2.46. The Labute approximate surface area is 337 Å². The van der Waals surface area contributed by atoms with Crippen molar-refractivity contribution in [3.05, 3.63) is 204 Å². The minimum absolute atomic E-state index is 0.252. The average molecular weight is 753 g/mol. The number of amidine groups is 2. The molecule has 5 heteroatoms. The average Bonchev–Trinajstić information content (AvgIpc) is 3.84. The van der Waals surface area contributed by atoms with Crippen molar-refractivity contribution in [1.29, 1.82) is 0 Å². The van der Waals surface area contributed by atoms with E-state index in [0.717, 1.165) is 34.8 Å². The zero-order valence-corrected chi connectivity index (χ0v) is 32.4. The first kappa shape index (κ1) is 33.8. The van der Waals surface area contributed by atoms with Gasteiger partial charge in [-0.1, -0.05) is 159 Å². The Morgan fingerprint density at radius 1 is 0.649 bits per heavy atom. The number of thiophene rings is 1. The lowest BCUT2D eigenvalue weighted by atomic mass is 9.81. The van der Waals surface area contributed by atoms with Crippen LogP contribution in [0.25, 0.3) is 42.4 Å².